The van der Waals surface area contributed by atoms with Crippen molar-refractivity contribution < 1.29 is 4.57 Å². The van der Waals surface area contributed by atoms with Crippen LogP contribution in [0, 0.1) is 0 Å². The van der Waals surface area contributed by atoms with E-state index in [0.717, 1.165) is 25.7 Å². The Bertz CT molecular complexity index is 211. The molecule has 0 aromatic heterocycles. The van der Waals surface area contributed by atoms with Gasteiger partial charge < -0.3 is 4.57 Å². The second-order valence-corrected chi connectivity index (χ2v) is 5.95. The van der Waals surface area contributed by atoms with Crippen molar-refractivity contribution in [3.05, 3.63) is 10.4 Å². The summed E-state index contributed by atoms with van der Waals surface area (Å²) >= 11 is 0. The molecule has 76 valence electrons. The third-order valence-electron chi connectivity index (χ3n) is 1.93. The zero-order valence-corrected chi connectivity index (χ0v) is 9.33. The van der Waals surface area contributed by atoms with Crippen LogP contribution >= 0.6 is 7.29 Å². The molecule has 0 spiro atoms. The van der Waals surface area contributed by atoms with Crippen LogP contribution in [0.3, 0.4) is 0 Å². The molecule has 13 heavy (non-hydrogen) atoms. The summed E-state index contributed by atoms with van der Waals surface area (Å²) in [7, 11) is -2.54. The van der Waals surface area contributed by atoms with Crippen LogP contribution < -0.4 is 0 Å². The summed E-state index contributed by atoms with van der Waals surface area (Å²) in [6, 6.07) is 0. The van der Waals surface area contributed by atoms with Crippen LogP contribution in [0.4, 0.5) is 0 Å². The molecule has 0 heterocycles. The van der Waals surface area contributed by atoms with Gasteiger partial charge in [0.25, 0.3) is 0 Å². The Morgan fingerprint density at radius 3 is 2.00 bits per heavy atom. The molecule has 0 unspecified atom stereocenters. The highest BCUT2D eigenvalue weighted by Crippen LogP contribution is 2.49. The smallest absolute Gasteiger partial charge is 0.173 e. The van der Waals surface area contributed by atoms with Crippen molar-refractivity contribution in [2.24, 2.45) is 4.88 Å². The van der Waals surface area contributed by atoms with Gasteiger partial charge in [0.05, 0.1) is 0 Å². The highest BCUT2D eigenvalue weighted by atomic mass is 31.2. The number of hydrogen-bond acceptors (Lipinski definition) is 1. The summed E-state index contributed by atoms with van der Waals surface area (Å²) in [5.74, 6) is 0. The zero-order valence-electron chi connectivity index (χ0n) is 8.44. The molecular weight excluding hydrogens is 185 g/mol. The fraction of sp³-hybridized carbons (Fsp3) is 1.00. The molecule has 0 N–H and O–H groups in total. The van der Waals surface area contributed by atoms with Crippen molar-refractivity contribution >= 4 is 7.29 Å². The predicted octanol–water partition coefficient (Wildman–Crippen LogP) is 4.18. The van der Waals surface area contributed by atoms with Crippen molar-refractivity contribution in [2.75, 3.05) is 12.3 Å². The maximum absolute atomic E-state index is 11.9. The van der Waals surface area contributed by atoms with E-state index in [1.54, 1.807) is 0 Å². The Hall–Kier alpha value is -0.460. The van der Waals surface area contributed by atoms with Gasteiger partial charge in [-0.15, -0.1) is 0 Å². The van der Waals surface area contributed by atoms with Crippen LogP contribution in [0.2, 0.25) is 0 Å². The second kappa shape index (κ2) is 6.99. The first-order valence-corrected chi connectivity index (χ1v) is 6.86. The van der Waals surface area contributed by atoms with Crippen molar-refractivity contribution in [1.82, 2.24) is 0 Å². The number of unbranched alkanes of at least 4 members (excludes halogenated alkanes) is 2. The van der Waals surface area contributed by atoms with Crippen molar-refractivity contribution in [3.63, 3.8) is 0 Å². The maximum Gasteiger partial charge on any atom is 0.173 e. The Morgan fingerprint density at radius 1 is 1.23 bits per heavy atom. The van der Waals surface area contributed by atoms with Gasteiger partial charge in [-0.2, -0.15) is 0 Å². The fourth-order valence-corrected chi connectivity index (χ4v) is 3.25. The monoisotopic (exact) mass is 203 g/mol. The van der Waals surface area contributed by atoms with E-state index in [2.05, 4.69) is 9.80 Å². The van der Waals surface area contributed by atoms with Crippen LogP contribution in [0.25, 0.3) is 10.4 Å². The van der Waals surface area contributed by atoms with Crippen LogP contribution in [-0.4, -0.2) is 12.3 Å². The Labute approximate surface area is 79.8 Å². The van der Waals surface area contributed by atoms with Gasteiger partial charge in [0, 0.05) is 17.2 Å². The van der Waals surface area contributed by atoms with Crippen LogP contribution in [0.5, 0.6) is 0 Å². The van der Waals surface area contributed by atoms with E-state index in [1.165, 1.54) is 0 Å². The molecule has 0 saturated heterocycles. The van der Waals surface area contributed by atoms with Crippen LogP contribution in [0.1, 0.15) is 39.5 Å². The quantitative estimate of drug-likeness (QED) is 0.265. The van der Waals surface area contributed by atoms with E-state index in [0.29, 0.717) is 12.3 Å². The minimum atomic E-state index is -2.54. The Morgan fingerprint density at radius 2 is 1.69 bits per heavy atom. The van der Waals surface area contributed by atoms with Gasteiger partial charge in [0.1, 0.15) is 0 Å². The van der Waals surface area contributed by atoms with E-state index in [9.17, 15) is 4.57 Å². The maximum atomic E-state index is 11.9. The molecule has 4 nitrogen and oxygen atoms in total. The third kappa shape index (κ3) is 5.73. The molecule has 0 atom stereocenters. The summed E-state index contributed by atoms with van der Waals surface area (Å²) in [5, 5.41) is 0. The predicted molar refractivity (Wildman–Crippen MR) is 56.3 cm³/mol. The molecule has 0 radical (unpaired) electrons. The lowest BCUT2D eigenvalue weighted by atomic mass is 10.4. The van der Waals surface area contributed by atoms with Gasteiger partial charge in [0.2, 0.25) is 0 Å². The molecule has 0 rings (SSSR count). The first kappa shape index (κ1) is 12.5. The van der Waals surface area contributed by atoms with Gasteiger partial charge in [-0.3, -0.25) is 0 Å². The van der Waals surface area contributed by atoms with Crippen molar-refractivity contribution in [2.45, 2.75) is 39.5 Å². The minimum Gasteiger partial charge on any atom is -0.317 e. The molecule has 0 aromatic carbocycles. The molecule has 0 fully saturated rings. The summed E-state index contributed by atoms with van der Waals surface area (Å²) in [6.07, 6.45) is 4.93. The number of azide groups is 1. The van der Waals surface area contributed by atoms with Crippen LogP contribution in [0.15, 0.2) is 4.88 Å². The third-order valence-corrected chi connectivity index (χ3v) is 4.36. The molecule has 5 heteroatoms. The fourth-order valence-electron chi connectivity index (χ4n) is 1.08. The average Bonchev–Trinajstić information content (AvgIpc) is 2.12. The lowest BCUT2D eigenvalue weighted by Crippen LogP contribution is -1.92. The van der Waals surface area contributed by atoms with E-state index in [1.807, 2.05) is 13.8 Å². The van der Waals surface area contributed by atoms with E-state index >= 15 is 0 Å². The molecule has 0 aromatic rings. The largest absolute Gasteiger partial charge is 0.317 e. The van der Waals surface area contributed by atoms with Crippen LogP contribution in [-0.2, 0) is 4.57 Å². The molecular formula is C8H18N3OP. The lowest BCUT2D eigenvalue weighted by Gasteiger charge is -2.10. The van der Waals surface area contributed by atoms with Gasteiger partial charge in [-0.05, 0) is 23.3 Å². The Balaban J connectivity index is 4.16. The van der Waals surface area contributed by atoms with Gasteiger partial charge in [-0.25, -0.2) is 0 Å². The van der Waals surface area contributed by atoms with Gasteiger partial charge in [-0.1, -0.05) is 26.7 Å². The highest BCUT2D eigenvalue weighted by molar-refractivity contribution is 7.62. The topological polar surface area (TPSA) is 65.8 Å². The Kier molecular flexibility index (Phi) is 6.75. The molecule has 0 saturated carbocycles. The highest BCUT2D eigenvalue weighted by Gasteiger charge is 2.18. The number of nitrogens with zero attached hydrogens (tertiary/aromatic N) is 3. The van der Waals surface area contributed by atoms with Crippen molar-refractivity contribution in [3.8, 4) is 0 Å². The molecule has 0 aliphatic heterocycles. The van der Waals surface area contributed by atoms with E-state index in [4.69, 9.17) is 5.53 Å². The normalized spacial score (nSPS) is 10.9. The first-order valence-electron chi connectivity index (χ1n) is 4.83. The molecule has 0 aliphatic rings. The summed E-state index contributed by atoms with van der Waals surface area (Å²) in [5.41, 5.74) is 8.29. The van der Waals surface area contributed by atoms with Gasteiger partial charge in [0.15, 0.2) is 7.29 Å². The van der Waals surface area contributed by atoms with Gasteiger partial charge >= 0.3 is 0 Å². The number of hydrogen-bond donors (Lipinski definition) is 0. The SMILES string of the molecule is CCCCP(=O)(CCCC)N=[N+]=[N-]. The molecule has 0 bridgehead atoms. The second-order valence-electron chi connectivity index (χ2n) is 3.18. The lowest BCUT2D eigenvalue weighted by molar-refractivity contribution is 0.570. The van der Waals surface area contributed by atoms with Crippen molar-refractivity contribution in [1.29, 1.82) is 0 Å². The van der Waals surface area contributed by atoms with E-state index < -0.39 is 7.29 Å². The molecule has 0 aliphatic carbocycles. The first-order chi connectivity index (χ1) is 6.18. The average molecular weight is 203 g/mol. The van der Waals surface area contributed by atoms with E-state index in [-0.39, 0.29) is 0 Å². The summed E-state index contributed by atoms with van der Waals surface area (Å²) in [4.78, 5) is 6.14. The standard InChI is InChI=1S/C8H18N3OP/c1-3-5-7-13(12,11-10-9)8-6-4-2/h3-8H2,1-2H3. The summed E-state index contributed by atoms with van der Waals surface area (Å²) < 4.78 is 11.9. The number of rotatable bonds is 7. The summed E-state index contributed by atoms with van der Waals surface area (Å²) in [6.45, 7) is 4.08. The zero-order chi connectivity index (χ0) is 10.2. The minimum absolute atomic E-state index is 0.577. The molecule has 0 amide bonds.